The van der Waals surface area contributed by atoms with Crippen molar-refractivity contribution >= 4 is 22.4 Å². The van der Waals surface area contributed by atoms with Crippen LogP contribution in [0.1, 0.15) is 38.2 Å². The van der Waals surface area contributed by atoms with Gasteiger partial charge in [0.1, 0.15) is 23.2 Å². The van der Waals surface area contributed by atoms with Gasteiger partial charge < -0.3 is 0 Å². The van der Waals surface area contributed by atoms with Gasteiger partial charge in [0.25, 0.3) is 5.91 Å². The Balaban J connectivity index is 1.49. The van der Waals surface area contributed by atoms with Crippen molar-refractivity contribution in [3.63, 3.8) is 0 Å². The van der Waals surface area contributed by atoms with Gasteiger partial charge >= 0.3 is 0 Å². The van der Waals surface area contributed by atoms with E-state index in [9.17, 15) is 4.79 Å². The maximum absolute atomic E-state index is 12.6. The molecule has 0 atom stereocenters. The van der Waals surface area contributed by atoms with Crippen molar-refractivity contribution < 1.29 is 4.79 Å². The fourth-order valence-corrected chi connectivity index (χ4v) is 3.47. The normalized spacial score (nSPS) is 15.3. The average molecular weight is 354 g/mol. The number of carbonyl (C=O) groups is 1. The molecule has 0 radical (unpaired) electrons. The summed E-state index contributed by atoms with van der Waals surface area (Å²) in [5, 5.41) is 16.6. The molecule has 2 heterocycles. The molecule has 1 aliphatic carbocycles. The van der Waals surface area contributed by atoms with E-state index in [-0.39, 0.29) is 5.91 Å². The Kier molecular flexibility index (Phi) is 3.84. The van der Waals surface area contributed by atoms with Crippen molar-refractivity contribution in [1.29, 1.82) is 0 Å². The zero-order valence-electron chi connectivity index (χ0n) is 14.0. The fourth-order valence-electron chi connectivity index (χ4n) is 2.72. The van der Waals surface area contributed by atoms with Crippen molar-refractivity contribution in [2.75, 3.05) is 5.32 Å². The van der Waals surface area contributed by atoms with Gasteiger partial charge in [-0.05, 0) is 24.3 Å². The molecule has 1 aromatic carbocycles. The molecular weight excluding hydrogens is 336 g/mol. The maximum Gasteiger partial charge on any atom is 0.254 e. The summed E-state index contributed by atoms with van der Waals surface area (Å²) < 4.78 is 1.62. The van der Waals surface area contributed by atoms with E-state index in [1.165, 1.54) is 23.2 Å². The molecule has 3 aromatic rings. The minimum Gasteiger partial charge on any atom is -0.298 e. The molecule has 0 aliphatic heterocycles. The lowest BCUT2D eigenvalue weighted by atomic mass is 10.0. The second-order valence-corrected chi connectivity index (χ2v) is 7.49. The third-order valence-electron chi connectivity index (χ3n) is 4.47. The van der Waals surface area contributed by atoms with Crippen molar-refractivity contribution in [2.45, 2.75) is 38.1 Å². The minimum absolute atomic E-state index is 0.115. The number of nitrogens with zero attached hydrogens (tertiary/aromatic N) is 5. The summed E-state index contributed by atoms with van der Waals surface area (Å²) in [5.41, 5.74) is 1.66. The molecule has 2 aromatic heterocycles. The summed E-state index contributed by atoms with van der Waals surface area (Å²) in [4.78, 5) is 16.5. The van der Waals surface area contributed by atoms with Gasteiger partial charge in [0.05, 0.1) is 0 Å². The third-order valence-corrected chi connectivity index (χ3v) is 5.36. The molecule has 0 bridgehead atoms. The van der Waals surface area contributed by atoms with Crippen LogP contribution in [0.4, 0.5) is 5.13 Å². The lowest BCUT2D eigenvalue weighted by molar-refractivity contribution is -0.120. The van der Waals surface area contributed by atoms with Crippen LogP contribution < -0.4 is 5.32 Å². The van der Waals surface area contributed by atoms with Crippen LogP contribution in [0.3, 0.4) is 0 Å². The minimum atomic E-state index is -0.624. The van der Waals surface area contributed by atoms with Crippen molar-refractivity contribution in [3.05, 3.63) is 42.5 Å². The number of amides is 1. The van der Waals surface area contributed by atoms with Crippen molar-refractivity contribution in [1.82, 2.24) is 25.0 Å². The van der Waals surface area contributed by atoms with Crippen LogP contribution in [0.2, 0.25) is 0 Å². The summed E-state index contributed by atoms with van der Waals surface area (Å²) in [7, 11) is 0. The summed E-state index contributed by atoms with van der Waals surface area (Å²) in [6, 6.07) is 8.28. The first-order valence-corrected chi connectivity index (χ1v) is 9.00. The number of anilines is 1. The monoisotopic (exact) mass is 354 g/mol. The molecule has 0 spiro atoms. The Labute approximate surface area is 149 Å². The summed E-state index contributed by atoms with van der Waals surface area (Å²) in [5.74, 6) is 0.376. The predicted molar refractivity (Wildman–Crippen MR) is 95.3 cm³/mol. The third kappa shape index (κ3) is 2.93. The van der Waals surface area contributed by atoms with Gasteiger partial charge in [-0.3, -0.25) is 10.1 Å². The molecular formula is C17H18N6OS. The number of rotatable bonds is 5. The van der Waals surface area contributed by atoms with E-state index in [0.717, 1.165) is 23.4 Å². The van der Waals surface area contributed by atoms with Crippen LogP contribution in [0.5, 0.6) is 0 Å². The molecule has 128 valence electrons. The summed E-state index contributed by atoms with van der Waals surface area (Å²) in [6.07, 6.45) is 4.53. The second-order valence-electron chi connectivity index (χ2n) is 6.51. The maximum atomic E-state index is 12.6. The molecule has 1 saturated carbocycles. The molecule has 7 nitrogen and oxygen atoms in total. The average Bonchev–Trinajstić information content (AvgIpc) is 3.03. The standard InChI is InChI=1S/C17H18N6OS/c1-11(2)12-3-5-13(6-4-12)14-21-22-16(25-14)20-15(24)17(7-8-17)23-10-18-9-19-23/h3-6,9-11H,7-8H2,1-2H3,(H,20,22,24). The highest BCUT2D eigenvalue weighted by Gasteiger charge is 2.53. The lowest BCUT2D eigenvalue weighted by Crippen LogP contribution is -2.33. The van der Waals surface area contributed by atoms with Crippen LogP contribution in [-0.4, -0.2) is 30.9 Å². The van der Waals surface area contributed by atoms with Gasteiger partial charge in [0.15, 0.2) is 0 Å². The topological polar surface area (TPSA) is 85.6 Å². The lowest BCUT2D eigenvalue weighted by Gasteiger charge is -2.13. The Bertz CT molecular complexity index is 880. The Morgan fingerprint density at radius 2 is 2.00 bits per heavy atom. The van der Waals surface area contributed by atoms with E-state index < -0.39 is 5.54 Å². The van der Waals surface area contributed by atoms with E-state index in [4.69, 9.17) is 0 Å². The quantitative estimate of drug-likeness (QED) is 0.761. The highest BCUT2D eigenvalue weighted by Crippen LogP contribution is 2.44. The van der Waals surface area contributed by atoms with Gasteiger partial charge in [-0.2, -0.15) is 5.10 Å². The first kappa shape index (κ1) is 15.9. The van der Waals surface area contributed by atoms with Gasteiger partial charge in [0, 0.05) is 5.56 Å². The molecule has 4 rings (SSSR count). The largest absolute Gasteiger partial charge is 0.298 e. The molecule has 0 saturated heterocycles. The highest BCUT2D eigenvalue weighted by atomic mass is 32.1. The first-order chi connectivity index (χ1) is 12.1. The molecule has 25 heavy (non-hydrogen) atoms. The number of benzene rings is 1. The molecule has 1 N–H and O–H groups in total. The van der Waals surface area contributed by atoms with Gasteiger partial charge in [-0.1, -0.05) is 49.4 Å². The van der Waals surface area contributed by atoms with Crippen LogP contribution >= 0.6 is 11.3 Å². The van der Waals surface area contributed by atoms with Crippen LogP contribution in [0, 0.1) is 0 Å². The number of nitrogens with one attached hydrogen (secondary N) is 1. The first-order valence-electron chi connectivity index (χ1n) is 8.19. The van der Waals surface area contributed by atoms with E-state index in [2.05, 4.69) is 51.6 Å². The van der Waals surface area contributed by atoms with E-state index in [1.54, 1.807) is 11.0 Å². The Morgan fingerprint density at radius 3 is 2.60 bits per heavy atom. The van der Waals surface area contributed by atoms with Crippen LogP contribution in [0.15, 0.2) is 36.9 Å². The second kappa shape index (κ2) is 6.03. The fraction of sp³-hybridized carbons (Fsp3) is 0.353. The summed E-state index contributed by atoms with van der Waals surface area (Å²) in [6.45, 7) is 4.33. The molecule has 1 fully saturated rings. The molecule has 1 aliphatic rings. The molecule has 8 heteroatoms. The predicted octanol–water partition coefficient (Wildman–Crippen LogP) is 3.05. The SMILES string of the molecule is CC(C)c1ccc(-c2nnc(NC(=O)C3(n4cncn4)CC3)s2)cc1. The zero-order chi connectivity index (χ0) is 17.4. The summed E-state index contributed by atoms with van der Waals surface area (Å²) >= 11 is 1.37. The van der Waals surface area contributed by atoms with E-state index >= 15 is 0 Å². The molecule has 0 unspecified atom stereocenters. The number of hydrogen-bond donors (Lipinski definition) is 1. The highest BCUT2D eigenvalue weighted by molar-refractivity contribution is 7.18. The smallest absolute Gasteiger partial charge is 0.254 e. The molecule has 1 amide bonds. The Hall–Kier alpha value is -2.61. The Morgan fingerprint density at radius 1 is 1.24 bits per heavy atom. The van der Waals surface area contributed by atoms with Crippen LogP contribution in [-0.2, 0) is 10.3 Å². The van der Waals surface area contributed by atoms with Gasteiger partial charge in [-0.25, -0.2) is 9.67 Å². The van der Waals surface area contributed by atoms with Crippen LogP contribution in [0.25, 0.3) is 10.6 Å². The number of hydrogen-bond acceptors (Lipinski definition) is 6. The van der Waals surface area contributed by atoms with E-state index in [0.29, 0.717) is 11.0 Å². The van der Waals surface area contributed by atoms with Gasteiger partial charge in [0.2, 0.25) is 5.13 Å². The number of carbonyl (C=O) groups excluding carboxylic acids is 1. The van der Waals surface area contributed by atoms with Crippen molar-refractivity contribution in [3.8, 4) is 10.6 Å². The van der Waals surface area contributed by atoms with Crippen molar-refractivity contribution in [2.24, 2.45) is 0 Å². The van der Waals surface area contributed by atoms with E-state index in [1.807, 2.05) is 12.1 Å². The number of aromatic nitrogens is 5. The zero-order valence-corrected chi connectivity index (χ0v) is 14.8. The van der Waals surface area contributed by atoms with Gasteiger partial charge in [-0.15, -0.1) is 10.2 Å².